The third-order valence-corrected chi connectivity index (χ3v) is 4.40. The number of carbonyl (C=O) groups is 2. The van der Waals surface area contributed by atoms with E-state index in [1.165, 1.54) is 7.11 Å². The smallest absolute Gasteiger partial charge is 0.325 e. The summed E-state index contributed by atoms with van der Waals surface area (Å²) in [6, 6.07) is 14.2. The number of carbonyl (C=O) groups excluding carboxylic acids is 2. The average molecular weight is 380 g/mol. The SMILES string of the molecule is COc1ccccc1C(=O)NCC(=O)OCCSc1ccc(Cl)cc1. The van der Waals surface area contributed by atoms with Gasteiger partial charge >= 0.3 is 5.97 Å². The minimum absolute atomic E-state index is 0.192. The van der Waals surface area contributed by atoms with Gasteiger partial charge in [-0.05, 0) is 36.4 Å². The Labute approximate surface area is 155 Å². The Morgan fingerprint density at radius 3 is 2.56 bits per heavy atom. The molecule has 0 aromatic heterocycles. The molecule has 0 saturated heterocycles. The van der Waals surface area contributed by atoms with Crippen molar-refractivity contribution in [3.63, 3.8) is 0 Å². The van der Waals surface area contributed by atoms with Gasteiger partial charge in [0, 0.05) is 15.7 Å². The van der Waals surface area contributed by atoms with E-state index >= 15 is 0 Å². The van der Waals surface area contributed by atoms with Crippen LogP contribution in [0, 0.1) is 0 Å². The van der Waals surface area contributed by atoms with Crippen molar-refractivity contribution in [2.24, 2.45) is 0 Å². The Kier molecular flexibility index (Phi) is 7.63. The molecular formula is C18H18ClNO4S. The minimum atomic E-state index is -0.486. The predicted molar refractivity (Wildman–Crippen MR) is 98.5 cm³/mol. The molecule has 2 rings (SSSR count). The highest BCUT2D eigenvalue weighted by Gasteiger charge is 2.13. The van der Waals surface area contributed by atoms with Crippen LogP contribution in [0.4, 0.5) is 0 Å². The van der Waals surface area contributed by atoms with Crippen molar-refractivity contribution in [1.29, 1.82) is 0 Å². The third kappa shape index (κ3) is 6.32. The van der Waals surface area contributed by atoms with Gasteiger partial charge in [-0.2, -0.15) is 0 Å². The summed E-state index contributed by atoms with van der Waals surface area (Å²) < 4.78 is 10.2. The Bertz CT molecular complexity index is 721. The number of rotatable bonds is 8. The van der Waals surface area contributed by atoms with E-state index in [2.05, 4.69) is 5.32 Å². The first kappa shape index (κ1) is 19.1. The maximum Gasteiger partial charge on any atom is 0.325 e. The Hall–Kier alpha value is -2.18. The van der Waals surface area contributed by atoms with Crippen molar-refractivity contribution in [1.82, 2.24) is 5.32 Å². The van der Waals surface area contributed by atoms with E-state index in [-0.39, 0.29) is 19.1 Å². The molecule has 0 spiro atoms. The second-order valence-corrected chi connectivity index (χ2v) is 6.51. The molecule has 0 aliphatic rings. The number of esters is 1. The molecule has 2 aromatic rings. The molecule has 1 amide bonds. The maximum atomic E-state index is 12.1. The fourth-order valence-electron chi connectivity index (χ4n) is 1.98. The van der Waals surface area contributed by atoms with Gasteiger partial charge in [-0.1, -0.05) is 23.7 Å². The molecule has 1 N–H and O–H groups in total. The molecule has 0 fully saturated rings. The van der Waals surface area contributed by atoms with Gasteiger partial charge in [0.05, 0.1) is 12.7 Å². The lowest BCUT2D eigenvalue weighted by atomic mass is 10.2. The van der Waals surface area contributed by atoms with Crippen molar-refractivity contribution >= 4 is 35.2 Å². The van der Waals surface area contributed by atoms with E-state index in [0.29, 0.717) is 22.1 Å². The van der Waals surface area contributed by atoms with Gasteiger partial charge in [0.2, 0.25) is 0 Å². The molecular weight excluding hydrogens is 362 g/mol. The highest BCUT2D eigenvalue weighted by atomic mass is 35.5. The van der Waals surface area contributed by atoms with Crippen LogP contribution in [0.5, 0.6) is 5.75 Å². The zero-order valence-corrected chi connectivity index (χ0v) is 15.2. The number of hydrogen-bond acceptors (Lipinski definition) is 5. The first-order chi connectivity index (χ1) is 12.1. The summed E-state index contributed by atoms with van der Waals surface area (Å²) in [4.78, 5) is 24.8. The molecule has 5 nitrogen and oxygen atoms in total. The number of halogens is 1. The van der Waals surface area contributed by atoms with Crippen LogP contribution in [0.1, 0.15) is 10.4 Å². The fourth-order valence-corrected chi connectivity index (χ4v) is 2.83. The van der Waals surface area contributed by atoms with Crippen molar-refractivity contribution < 1.29 is 19.1 Å². The van der Waals surface area contributed by atoms with Gasteiger partial charge in [0.1, 0.15) is 18.9 Å². The van der Waals surface area contributed by atoms with Crippen LogP contribution in [0.15, 0.2) is 53.4 Å². The number of amides is 1. The molecule has 132 valence electrons. The Balaban J connectivity index is 1.68. The monoisotopic (exact) mass is 379 g/mol. The van der Waals surface area contributed by atoms with E-state index in [4.69, 9.17) is 21.1 Å². The second-order valence-electron chi connectivity index (χ2n) is 4.91. The number of nitrogens with one attached hydrogen (secondary N) is 1. The lowest BCUT2D eigenvalue weighted by Crippen LogP contribution is -2.31. The number of para-hydroxylation sites is 1. The lowest BCUT2D eigenvalue weighted by Gasteiger charge is -2.09. The minimum Gasteiger partial charge on any atom is -0.496 e. The highest BCUT2D eigenvalue weighted by molar-refractivity contribution is 7.99. The number of methoxy groups -OCH3 is 1. The maximum absolute atomic E-state index is 12.1. The molecule has 0 aliphatic carbocycles. The standard InChI is InChI=1S/C18H18ClNO4S/c1-23-16-5-3-2-4-15(16)18(22)20-12-17(21)24-10-11-25-14-8-6-13(19)7-9-14/h2-9H,10-12H2,1H3,(H,20,22). The number of hydrogen-bond donors (Lipinski definition) is 1. The average Bonchev–Trinajstić information content (AvgIpc) is 2.64. The number of thioether (sulfide) groups is 1. The molecule has 25 heavy (non-hydrogen) atoms. The highest BCUT2D eigenvalue weighted by Crippen LogP contribution is 2.20. The van der Waals surface area contributed by atoms with Crippen LogP contribution in [0.25, 0.3) is 0 Å². The lowest BCUT2D eigenvalue weighted by molar-refractivity contribution is -0.141. The predicted octanol–water partition coefficient (Wildman–Crippen LogP) is 3.41. The quantitative estimate of drug-likeness (QED) is 0.432. The zero-order valence-electron chi connectivity index (χ0n) is 13.7. The van der Waals surface area contributed by atoms with Crippen LogP contribution >= 0.6 is 23.4 Å². The van der Waals surface area contributed by atoms with E-state index in [0.717, 1.165) is 4.90 Å². The van der Waals surface area contributed by atoms with Crippen molar-refractivity contribution in [2.75, 3.05) is 26.0 Å². The Morgan fingerprint density at radius 1 is 1.12 bits per heavy atom. The van der Waals surface area contributed by atoms with Gasteiger partial charge in [0.15, 0.2) is 0 Å². The molecule has 0 bridgehead atoms. The summed E-state index contributed by atoms with van der Waals surface area (Å²) in [5.74, 6) is 0.200. The summed E-state index contributed by atoms with van der Waals surface area (Å²) in [7, 11) is 1.48. The normalized spacial score (nSPS) is 10.2. The first-order valence-electron chi connectivity index (χ1n) is 7.55. The van der Waals surface area contributed by atoms with E-state index < -0.39 is 5.97 Å². The molecule has 2 aromatic carbocycles. The van der Waals surface area contributed by atoms with Crippen molar-refractivity contribution in [3.8, 4) is 5.75 Å². The van der Waals surface area contributed by atoms with Crippen LogP contribution in [-0.2, 0) is 9.53 Å². The van der Waals surface area contributed by atoms with Crippen molar-refractivity contribution in [2.45, 2.75) is 4.90 Å². The van der Waals surface area contributed by atoms with Gasteiger partial charge < -0.3 is 14.8 Å². The number of ether oxygens (including phenoxy) is 2. The largest absolute Gasteiger partial charge is 0.496 e. The molecule has 0 aliphatic heterocycles. The van der Waals surface area contributed by atoms with Crippen LogP contribution < -0.4 is 10.1 Å². The first-order valence-corrected chi connectivity index (χ1v) is 8.91. The summed E-state index contributed by atoms with van der Waals surface area (Å²) in [6.07, 6.45) is 0. The summed E-state index contributed by atoms with van der Waals surface area (Å²) in [5.41, 5.74) is 0.371. The molecule has 0 saturated carbocycles. The van der Waals surface area contributed by atoms with Crippen molar-refractivity contribution in [3.05, 3.63) is 59.1 Å². The second kappa shape index (κ2) is 9.96. The third-order valence-electron chi connectivity index (χ3n) is 3.17. The van der Waals surface area contributed by atoms with E-state index in [9.17, 15) is 9.59 Å². The number of benzene rings is 2. The molecule has 0 atom stereocenters. The van der Waals surface area contributed by atoms with Crippen LogP contribution in [-0.4, -0.2) is 37.9 Å². The summed E-state index contributed by atoms with van der Waals surface area (Å²) in [5, 5.41) is 3.21. The fraction of sp³-hybridized carbons (Fsp3) is 0.222. The van der Waals surface area contributed by atoms with Crippen LogP contribution in [0.2, 0.25) is 5.02 Å². The van der Waals surface area contributed by atoms with Gasteiger partial charge in [-0.25, -0.2) is 0 Å². The molecule has 7 heteroatoms. The zero-order chi connectivity index (χ0) is 18.1. The van der Waals surface area contributed by atoms with Gasteiger partial charge in [0.25, 0.3) is 5.91 Å². The molecule has 0 heterocycles. The van der Waals surface area contributed by atoms with E-state index in [1.807, 2.05) is 24.3 Å². The topological polar surface area (TPSA) is 64.6 Å². The summed E-state index contributed by atoms with van der Waals surface area (Å²) >= 11 is 7.37. The van der Waals surface area contributed by atoms with E-state index in [1.54, 1.807) is 36.0 Å². The Morgan fingerprint density at radius 2 is 1.84 bits per heavy atom. The summed E-state index contributed by atoms with van der Waals surface area (Å²) in [6.45, 7) is 0.0686. The van der Waals surface area contributed by atoms with Crippen LogP contribution in [0.3, 0.4) is 0 Å². The van der Waals surface area contributed by atoms with Gasteiger partial charge in [-0.15, -0.1) is 11.8 Å². The molecule has 0 unspecified atom stereocenters. The molecule has 0 radical (unpaired) electrons. The van der Waals surface area contributed by atoms with Gasteiger partial charge in [-0.3, -0.25) is 9.59 Å².